The van der Waals surface area contributed by atoms with Crippen LogP contribution in [0, 0.1) is 0 Å². The van der Waals surface area contributed by atoms with Crippen molar-refractivity contribution in [2.45, 2.75) is 65.1 Å². The fourth-order valence-electron chi connectivity index (χ4n) is 4.50. The highest BCUT2D eigenvalue weighted by Gasteiger charge is 2.24. The Morgan fingerprint density at radius 3 is 2.23 bits per heavy atom. The first-order valence-electron chi connectivity index (χ1n) is 13.7. The van der Waals surface area contributed by atoms with Gasteiger partial charge in [0.25, 0.3) is 5.91 Å². The molecule has 1 amide bonds. The monoisotopic (exact) mass is 603 g/mol. The maximum atomic E-state index is 13.5. The van der Waals surface area contributed by atoms with Crippen LogP contribution in [0.15, 0.2) is 89.5 Å². The first kappa shape index (κ1) is 29.6. The molecule has 0 unspecified atom stereocenters. The number of nitrogens with one attached hydrogen (secondary N) is 1. The van der Waals surface area contributed by atoms with Gasteiger partial charge in [0.05, 0.1) is 23.5 Å². The van der Waals surface area contributed by atoms with E-state index in [-0.39, 0.29) is 11.5 Å². The van der Waals surface area contributed by atoms with Crippen molar-refractivity contribution in [3.63, 3.8) is 0 Å². The van der Waals surface area contributed by atoms with Crippen LogP contribution >= 0.6 is 15.9 Å². The SMILES string of the molecule is CCCC(C)(C)OCCC(C)(C)Oc1ccc(NC(=O)c2cn(-c3ccccc3)nc2-c2ccc(Br)cc2)cc1. The third-order valence-corrected chi connectivity index (χ3v) is 7.18. The van der Waals surface area contributed by atoms with E-state index in [1.165, 1.54) is 0 Å². The number of nitrogens with zero attached hydrogens (tertiary/aromatic N) is 2. The largest absolute Gasteiger partial charge is 0.488 e. The van der Waals surface area contributed by atoms with Gasteiger partial charge in [-0.2, -0.15) is 5.10 Å². The quantitative estimate of drug-likeness (QED) is 0.176. The Bertz CT molecular complexity index is 1400. The van der Waals surface area contributed by atoms with Gasteiger partial charge < -0.3 is 14.8 Å². The summed E-state index contributed by atoms with van der Waals surface area (Å²) in [5, 5.41) is 7.78. The number of carbonyl (C=O) groups is 1. The van der Waals surface area contributed by atoms with E-state index >= 15 is 0 Å². The number of carbonyl (C=O) groups excluding carboxylic acids is 1. The summed E-state index contributed by atoms with van der Waals surface area (Å²) in [5.41, 5.74) is 2.99. The first-order valence-corrected chi connectivity index (χ1v) is 14.5. The summed E-state index contributed by atoms with van der Waals surface area (Å²) in [6.07, 6.45) is 4.66. The minimum Gasteiger partial charge on any atom is -0.488 e. The average molecular weight is 605 g/mol. The summed E-state index contributed by atoms with van der Waals surface area (Å²) < 4.78 is 15.0. The second-order valence-electron chi connectivity index (χ2n) is 11.1. The maximum absolute atomic E-state index is 13.5. The molecule has 0 bridgehead atoms. The fraction of sp³-hybridized carbons (Fsp3) is 0.333. The van der Waals surface area contributed by atoms with Crippen LogP contribution in [0.1, 0.15) is 64.2 Å². The molecule has 6 nitrogen and oxygen atoms in total. The lowest BCUT2D eigenvalue weighted by molar-refractivity contribution is -0.0452. The van der Waals surface area contributed by atoms with Gasteiger partial charge in [0.15, 0.2) is 0 Å². The van der Waals surface area contributed by atoms with Crippen LogP contribution in [-0.4, -0.2) is 33.5 Å². The van der Waals surface area contributed by atoms with Crippen LogP contribution in [-0.2, 0) is 4.74 Å². The predicted molar refractivity (Wildman–Crippen MR) is 165 cm³/mol. The minimum absolute atomic E-state index is 0.125. The zero-order chi connectivity index (χ0) is 28.8. The number of hydrogen-bond acceptors (Lipinski definition) is 4. The van der Waals surface area contributed by atoms with Crippen molar-refractivity contribution in [2.75, 3.05) is 11.9 Å². The van der Waals surface area contributed by atoms with E-state index < -0.39 is 5.60 Å². The Morgan fingerprint density at radius 2 is 1.57 bits per heavy atom. The van der Waals surface area contributed by atoms with Gasteiger partial charge in [-0.25, -0.2) is 4.68 Å². The Kier molecular flexibility index (Phi) is 9.48. The molecule has 1 aromatic heterocycles. The number of halogens is 1. The molecule has 0 fully saturated rings. The molecule has 0 aliphatic heterocycles. The summed E-state index contributed by atoms with van der Waals surface area (Å²) in [4.78, 5) is 13.5. The predicted octanol–water partition coefficient (Wildman–Crippen LogP) is 8.70. The molecule has 0 aliphatic carbocycles. The molecule has 0 saturated carbocycles. The highest BCUT2D eigenvalue weighted by atomic mass is 79.9. The van der Waals surface area contributed by atoms with Crippen molar-refractivity contribution in [3.05, 3.63) is 95.1 Å². The van der Waals surface area contributed by atoms with E-state index in [4.69, 9.17) is 14.6 Å². The van der Waals surface area contributed by atoms with Gasteiger partial charge >= 0.3 is 0 Å². The molecule has 0 aliphatic rings. The average Bonchev–Trinajstić information content (AvgIpc) is 3.36. The second kappa shape index (κ2) is 12.8. The number of benzene rings is 3. The molecule has 0 saturated heterocycles. The number of anilines is 1. The van der Waals surface area contributed by atoms with Gasteiger partial charge in [-0.15, -0.1) is 0 Å². The third kappa shape index (κ3) is 8.05. The van der Waals surface area contributed by atoms with E-state index in [1.807, 2.05) is 78.9 Å². The van der Waals surface area contributed by atoms with Crippen LogP contribution in [0.5, 0.6) is 5.75 Å². The molecular weight excluding hydrogens is 566 g/mol. The molecule has 210 valence electrons. The van der Waals surface area contributed by atoms with Gasteiger partial charge in [0.1, 0.15) is 17.0 Å². The number of rotatable bonds is 12. The molecular formula is C33H38BrN3O3. The normalized spacial score (nSPS) is 11.8. The number of ether oxygens (including phenoxy) is 2. The van der Waals surface area contributed by atoms with Crippen LogP contribution in [0.25, 0.3) is 16.9 Å². The van der Waals surface area contributed by atoms with Gasteiger partial charge in [0.2, 0.25) is 0 Å². The van der Waals surface area contributed by atoms with Crippen molar-refractivity contribution in [1.29, 1.82) is 0 Å². The molecule has 1 heterocycles. The fourth-order valence-corrected chi connectivity index (χ4v) is 4.76. The molecule has 0 radical (unpaired) electrons. The molecule has 0 spiro atoms. The van der Waals surface area contributed by atoms with Crippen LogP contribution in [0.4, 0.5) is 5.69 Å². The number of hydrogen-bond donors (Lipinski definition) is 1. The molecule has 3 aromatic carbocycles. The van der Waals surface area contributed by atoms with Gasteiger partial charge in [-0.1, -0.05) is 59.6 Å². The summed E-state index contributed by atoms with van der Waals surface area (Å²) in [6, 6.07) is 25.0. The minimum atomic E-state index is -0.390. The van der Waals surface area contributed by atoms with Gasteiger partial charge in [-0.3, -0.25) is 4.79 Å². The van der Waals surface area contributed by atoms with Crippen molar-refractivity contribution < 1.29 is 14.3 Å². The standard InChI is InChI=1S/C33H38BrN3O3/c1-6-20-32(2,3)39-22-21-33(4,5)40-28-18-16-26(17-19-28)35-31(38)29-23-37(27-10-8-7-9-11-27)36-30(29)24-12-14-25(34)15-13-24/h7-19,23H,6,20-22H2,1-5H3,(H,35,38). The van der Waals surface area contributed by atoms with Gasteiger partial charge in [0, 0.05) is 28.3 Å². The highest BCUT2D eigenvalue weighted by Crippen LogP contribution is 2.28. The zero-order valence-electron chi connectivity index (χ0n) is 23.9. The van der Waals surface area contributed by atoms with E-state index in [2.05, 4.69) is 55.9 Å². The van der Waals surface area contributed by atoms with Gasteiger partial charge in [-0.05, 0) is 82.6 Å². The molecule has 40 heavy (non-hydrogen) atoms. The van der Waals surface area contributed by atoms with E-state index in [9.17, 15) is 4.79 Å². The highest BCUT2D eigenvalue weighted by molar-refractivity contribution is 9.10. The van der Waals surface area contributed by atoms with Crippen LogP contribution < -0.4 is 10.1 Å². The molecule has 7 heteroatoms. The zero-order valence-corrected chi connectivity index (χ0v) is 25.5. The lowest BCUT2D eigenvalue weighted by atomic mass is 10.0. The summed E-state index contributed by atoms with van der Waals surface area (Å²) in [6.45, 7) is 11.2. The van der Waals surface area contributed by atoms with Crippen LogP contribution in [0.3, 0.4) is 0 Å². The van der Waals surface area contributed by atoms with Crippen molar-refractivity contribution >= 4 is 27.5 Å². The summed E-state index contributed by atoms with van der Waals surface area (Å²) in [7, 11) is 0. The van der Waals surface area contributed by atoms with Crippen molar-refractivity contribution in [2.24, 2.45) is 0 Å². The number of amides is 1. The van der Waals surface area contributed by atoms with E-state index in [1.54, 1.807) is 10.9 Å². The number of para-hydroxylation sites is 1. The second-order valence-corrected chi connectivity index (χ2v) is 12.0. The van der Waals surface area contributed by atoms with E-state index in [0.29, 0.717) is 23.6 Å². The number of aromatic nitrogens is 2. The Labute approximate surface area is 245 Å². The van der Waals surface area contributed by atoms with Crippen molar-refractivity contribution in [1.82, 2.24) is 9.78 Å². The summed E-state index contributed by atoms with van der Waals surface area (Å²) in [5.74, 6) is 0.504. The lowest BCUT2D eigenvalue weighted by Gasteiger charge is -2.30. The smallest absolute Gasteiger partial charge is 0.259 e. The topological polar surface area (TPSA) is 65.4 Å². The third-order valence-electron chi connectivity index (χ3n) is 6.65. The Hall–Kier alpha value is -3.42. The lowest BCUT2D eigenvalue weighted by Crippen LogP contribution is -2.32. The Morgan fingerprint density at radius 1 is 0.900 bits per heavy atom. The Balaban J connectivity index is 1.45. The maximum Gasteiger partial charge on any atom is 0.259 e. The first-order chi connectivity index (χ1) is 19.0. The van der Waals surface area contributed by atoms with E-state index in [0.717, 1.165) is 40.7 Å². The molecule has 4 rings (SSSR count). The molecule has 1 N–H and O–H groups in total. The molecule has 0 atom stereocenters. The summed E-state index contributed by atoms with van der Waals surface area (Å²) >= 11 is 3.48. The van der Waals surface area contributed by atoms with Crippen molar-refractivity contribution in [3.8, 4) is 22.7 Å². The van der Waals surface area contributed by atoms with Crippen LogP contribution in [0.2, 0.25) is 0 Å². The molecule has 4 aromatic rings.